The Bertz CT molecular complexity index is 2210. The zero-order valence-corrected chi connectivity index (χ0v) is 41.2. The van der Waals surface area contributed by atoms with Crippen molar-refractivity contribution in [2.45, 2.75) is 160 Å². The number of aromatic nitrogens is 4. The van der Waals surface area contributed by atoms with Crippen LogP contribution in [0.25, 0.3) is 10.9 Å². The Morgan fingerprint density at radius 2 is 1.51 bits per heavy atom. The third-order valence-electron chi connectivity index (χ3n) is 14.3. The number of piperidine rings is 1. The smallest absolute Gasteiger partial charge is 0.248 e. The van der Waals surface area contributed by atoms with E-state index in [1.807, 2.05) is 48.8 Å². The minimum Gasteiger partial charge on any atom is -0.487 e. The van der Waals surface area contributed by atoms with Gasteiger partial charge in [-0.2, -0.15) is 5.10 Å². The Morgan fingerprint density at radius 1 is 0.815 bits per heavy atom. The van der Waals surface area contributed by atoms with Crippen LogP contribution in [-0.4, -0.2) is 71.8 Å². The van der Waals surface area contributed by atoms with Gasteiger partial charge >= 0.3 is 0 Å². The SMILES string of the molecule is CC(C)(C)[Si](C)(C)O[C@@H](CNCCCCCCCCCN1CCC(Cn2cnc([C@H](OC3CCCCC3)c3ccccc3)n2)CC1)c1ccc(OCc2ccccc2)c2[nH]c(=O)ccc12. The van der Waals surface area contributed by atoms with Crippen LogP contribution in [0.4, 0.5) is 0 Å². The molecule has 1 aliphatic carbocycles. The molecule has 0 amide bonds. The molecule has 3 aromatic carbocycles. The molecule has 0 spiro atoms. The summed E-state index contributed by atoms with van der Waals surface area (Å²) >= 11 is 0. The van der Waals surface area contributed by atoms with Crippen LogP contribution in [0.3, 0.4) is 0 Å². The van der Waals surface area contributed by atoms with E-state index in [1.165, 1.54) is 90.3 Å². The second-order valence-electron chi connectivity index (χ2n) is 20.4. The monoisotopic (exact) mass is 903 g/mol. The van der Waals surface area contributed by atoms with Gasteiger partial charge in [0.2, 0.25) is 5.56 Å². The number of pyridine rings is 1. The number of hydrogen-bond acceptors (Lipinski definition) is 8. The van der Waals surface area contributed by atoms with Crippen LogP contribution in [0.15, 0.2) is 96.1 Å². The molecule has 1 aliphatic heterocycles. The van der Waals surface area contributed by atoms with E-state index in [-0.39, 0.29) is 22.8 Å². The van der Waals surface area contributed by atoms with Gasteiger partial charge in [0.25, 0.3) is 0 Å². The molecule has 0 bridgehead atoms. The number of benzene rings is 3. The Kier molecular flexibility index (Phi) is 18.1. The Morgan fingerprint density at radius 3 is 2.23 bits per heavy atom. The number of rotatable bonds is 24. The zero-order valence-electron chi connectivity index (χ0n) is 40.2. The summed E-state index contributed by atoms with van der Waals surface area (Å²) in [5.74, 6) is 2.11. The molecule has 2 aromatic heterocycles. The third-order valence-corrected chi connectivity index (χ3v) is 18.8. The van der Waals surface area contributed by atoms with Crippen LogP contribution < -0.4 is 15.6 Å². The van der Waals surface area contributed by atoms with Gasteiger partial charge in [-0.15, -0.1) is 0 Å². The molecule has 5 aromatic rings. The summed E-state index contributed by atoms with van der Waals surface area (Å²) in [6, 6.07) is 28.3. The van der Waals surface area contributed by atoms with Gasteiger partial charge in [-0.25, -0.2) is 4.98 Å². The van der Waals surface area contributed by atoms with Crippen molar-refractivity contribution in [1.82, 2.24) is 30.0 Å². The lowest BCUT2D eigenvalue weighted by molar-refractivity contribution is -0.0157. The molecule has 352 valence electrons. The summed E-state index contributed by atoms with van der Waals surface area (Å²) in [7, 11) is -2.12. The summed E-state index contributed by atoms with van der Waals surface area (Å²) in [6.07, 6.45) is 19.3. The number of likely N-dealkylation sites (tertiary alicyclic amines) is 1. The Hall–Kier alpha value is -4.13. The van der Waals surface area contributed by atoms with Crippen molar-refractivity contribution in [1.29, 1.82) is 0 Å². The van der Waals surface area contributed by atoms with Crippen molar-refractivity contribution in [3.05, 3.63) is 124 Å². The number of ether oxygens (including phenoxy) is 2. The van der Waals surface area contributed by atoms with Gasteiger partial charge in [0.05, 0.1) is 17.7 Å². The third kappa shape index (κ3) is 14.4. The van der Waals surface area contributed by atoms with Crippen LogP contribution in [0, 0.1) is 5.92 Å². The Balaban J connectivity index is 0.792. The summed E-state index contributed by atoms with van der Waals surface area (Å²) in [6.45, 7) is 18.1. The van der Waals surface area contributed by atoms with E-state index in [2.05, 4.69) is 90.1 Å². The largest absolute Gasteiger partial charge is 0.487 e. The number of fused-ring (bicyclic) bond motifs is 1. The van der Waals surface area contributed by atoms with Crippen molar-refractivity contribution in [3.8, 4) is 5.75 Å². The van der Waals surface area contributed by atoms with Crippen molar-refractivity contribution in [2.24, 2.45) is 5.92 Å². The minimum atomic E-state index is -2.12. The predicted molar refractivity (Wildman–Crippen MR) is 267 cm³/mol. The van der Waals surface area contributed by atoms with Crippen LogP contribution in [0.1, 0.15) is 145 Å². The molecule has 1 saturated carbocycles. The number of aromatic amines is 1. The molecule has 2 atom stereocenters. The predicted octanol–water partition coefficient (Wildman–Crippen LogP) is 11.9. The van der Waals surface area contributed by atoms with Crippen LogP contribution >= 0.6 is 0 Å². The molecule has 3 heterocycles. The summed E-state index contributed by atoms with van der Waals surface area (Å²) in [5, 5.41) is 9.77. The van der Waals surface area contributed by atoms with Crippen LogP contribution in [0.2, 0.25) is 18.1 Å². The standard InChI is InChI=1S/C54H78N6O4Si/c1-54(2,3)65(4,5)64-49(46-28-30-48(51-47(46)29-31-50(61)57-51)62-40-43-22-14-11-15-23-43)38-55-34-20-9-7-6-8-10-21-35-59-36-32-42(33-37-59)39-60-41-56-53(58-60)52(44-24-16-12-17-25-44)63-45-26-18-13-19-27-45/h11-12,14-17,22-25,28-31,41-42,45,49,52,55H,6-10,13,18-21,26-27,32-40H2,1-5H3,(H,57,61)/t49-,52+/m0/s1. The maximum absolute atomic E-state index is 12.6. The second kappa shape index (κ2) is 24.1. The highest BCUT2D eigenvalue weighted by Gasteiger charge is 2.40. The molecule has 1 saturated heterocycles. The average molecular weight is 903 g/mol. The maximum Gasteiger partial charge on any atom is 0.248 e. The molecule has 10 nitrogen and oxygen atoms in total. The summed E-state index contributed by atoms with van der Waals surface area (Å²) < 4.78 is 22.1. The minimum absolute atomic E-state index is 0.0627. The molecule has 65 heavy (non-hydrogen) atoms. The first kappa shape index (κ1) is 48.8. The number of unbranched alkanes of at least 4 members (excludes halogenated alkanes) is 6. The van der Waals surface area contributed by atoms with Gasteiger partial charge in [0.15, 0.2) is 14.1 Å². The molecule has 11 heteroatoms. The molecule has 2 N–H and O–H groups in total. The van der Waals surface area contributed by atoms with Crippen molar-refractivity contribution < 1.29 is 13.9 Å². The molecule has 7 rings (SSSR count). The van der Waals surface area contributed by atoms with Crippen LogP contribution in [0.5, 0.6) is 5.75 Å². The fraction of sp³-hybridized carbons (Fsp3) is 0.574. The molecule has 2 fully saturated rings. The molecule has 2 aliphatic rings. The van der Waals surface area contributed by atoms with Crippen molar-refractivity contribution >= 4 is 19.2 Å². The van der Waals surface area contributed by atoms with Gasteiger partial charge in [0, 0.05) is 24.5 Å². The fourth-order valence-electron chi connectivity index (χ4n) is 9.32. The van der Waals surface area contributed by atoms with E-state index < -0.39 is 8.32 Å². The normalized spacial score (nSPS) is 16.8. The van der Waals surface area contributed by atoms with Crippen LogP contribution in [-0.2, 0) is 22.3 Å². The number of hydrogen-bond donors (Lipinski definition) is 2. The first-order valence-corrected chi connectivity index (χ1v) is 28.0. The van der Waals surface area contributed by atoms with E-state index in [0.29, 0.717) is 30.9 Å². The Labute approximate surface area is 390 Å². The highest BCUT2D eigenvalue weighted by atomic mass is 28.4. The average Bonchev–Trinajstić information content (AvgIpc) is 3.77. The van der Waals surface area contributed by atoms with Gasteiger partial charge in [0.1, 0.15) is 24.8 Å². The lowest BCUT2D eigenvalue weighted by Gasteiger charge is -2.39. The molecular formula is C54H78N6O4Si. The van der Waals surface area contributed by atoms with Crippen molar-refractivity contribution in [3.63, 3.8) is 0 Å². The first-order chi connectivity index (χ1) is 31.5. The molecule has 0 radical (unpaired) electrons. The highest BCUT2D eigenvalue weighted by Crippen LogP contribution is 2.41. The van der Waals surface area contributed by atoms with Gasteiger partial charge in [-0.3, -0.25) is 9.48 Å². The summed E-state index contributed by atoms with van der Waals surface area (Å²) in [5.41, 5.74) is 3.89. The lowest BCUT2D eigenvalue weighted by Crippen LogP contribution is -2.43. The maximum atomic E-state index is 12.6. The topological polar surface area (TPSA) is 107 Å². The number of nitrogens with zero attached hydrogens (tertiary/aromatic N) is 4. The van der Waals surface area contributed by atoms with Gasteiger partial charge < -0.3 is 29.1 Å². The molecule has 0 unspecified atom stereocenters. The van der Waals surface area contributed by atoms with E-state index in [1.54, 1.807) is 6.07 Å². The van der Waals surface area contributed by atoms with E-state index in [4.69, 9.17) is 24.0 Å². The van der Waals surface area contributed by atoms with E-state index in [9.17, 15) is 4.79 Å². The molecular weight excluding hydrogens is 825 g/mol. The number of H-pyrrole nitrogens is 1. The quantitative estimate of drug-likeness (QED) is 0.0466. The first-order valence-electron chi connectivity index (χ1n) is 25.1. The van der Waals surface area contributed by atoms with E-state index in [0.717, 1.165) is 65.8 Å². The second-order valence-corrected chi connectivity index (χ2v) is 25.1. The van der Waals surface area contributed by atoms with E-state index >= 15 is 0 Å². The zero-order chi connectivity index (χ0) is 45.5. The summed E-state index contributed by atoms with van der Waals surface area (Å²) in [4.78, 5) is 23.1. The van der Waals surface area contributed by atoms with Crippen molar-refractivity contribution in [2.75, 3.05) is 32.7 Å². The van der Waals surface area contributed by atoms with Gasteiger partial charge in [-0.1, -0.05) is 139 Å². The fourth-order valence-corrected chi connectivity index (χ4v) is 10.6. The lowest BCUT2D eigenvalue weighted by atomic mass is 9.96. The van der Waals surface area contributed by atoms with Gasteiger partial charge in [-0.05, 0) is 118 Å². The number of nitrogens with one attached hydrogen (secondary N) is 2. The highest BCUT2D eigenvalue weighted by molar-refractivity contribution is 6.74.